The molecular weight excluding hydrogens is 348 g/mol. The number of aryl methyl sites for hydroxylation is 3. The molecule has 1 aromatic carbocycles. The molecule has 0 unspecified atom stereocenters. The lowest BCUT2D eigenvalue weighted by molar-refractivity contribution is 0.0733. The molecule has 0 radical (unpaired) electrons. The summed E-state index contributed by atoms with van der Waals surface area (Å²) in [7, 11) is 0. The van der Waals surface area contributed by atoms with E-state index in [1.807, 2.05) is 32.9 Å². The zero-order valence-electron chi connectivity index (χ0n) is 10.7. The molecule has 1 heterocycles. The highest BCUT2D eigenvalue weighted by molar-refractivity contribution is 9.10. The van der Waals surface area contributed by atoms with E-state index in [1.54, 1.807) is 17.4 Å². The zero-order valence-corrected chi connectivity index (χ0v) is 13.9. The molecule has 19 heavy (non-hydrogen) atoms. The number of benzene rings is 1. The van der Waals surface area contributed by atoms with Gasteiger partial charge in [-0.2, -0.15) is 0 Å². The quantitative estimate of drug-likeness (QED) is 0.536. The summed E-state index contributed by atoms with van der Waals surface area (Å²) in [4.78, 5) is 14.2. The van der Waals surface area contributed by atoms with Gasteiger partial charge in [-0.3, -0.25) is 0 Å². The topological polar surface area (TPSA) is 26.3 Å². The maximum Gasteiger partial charge on any atom is 0.344 e. The van der Waals surface area contributed by atoms with Crippen LogP contribution in [0.2, 0.25) is 5.02 Å². The van der Waals surface area contributed by atoms with Crippen LogP contribution in [0.3, 0.4) is 0 Å². The van der Waals surface area contributed by atoms with E-state index in [1.165, 1.54) is 0 Å². The minimum atomic E-state index is -0.367. The van der Waals surface area contributed by atoms with E-state index in [2.05, 4.69) is 15.9 Å². The van der Waals surface area contributed by atoms with Gasteiger partial charge in [-0.1, -0.05) is 27.5 Å². The molecule has 0 bridgehead atoms. The van der Waals surface area contributed by atoms with Crippen molar-refractivity contribution in [3.8, 4) is 5.75 Å². The van der Waals surface area contributed by atoms with Gasteiger partial charge in [0, 0.05) is 14.2 Å². The molecule has 0 aliphatic rings. The fraction of sp³-hybridized carbons (Fsp3) is 0.214. The second kappa shape index (κ2) is 5.65. The Bertz CT molecular complexity index is 626. The highest BCUT2D eigenvalue weighted by Gasteiger charge is 2.17. The Morgan fingerprint density at radius 2 is 1.95 bits per heavy atom. The number of hydrogen-bond donors (Lipinski definition) is 0. The van der Waals surface area contributed by atoms with Gasteiger partial charge in [0.25, 0.3) is 0 Å². The van der Waals surface area contributed by atoms with Crippen molar-refractivity contribution in [1.29, 1.82) is 0 Å². The highest BCUT2D eigenvalue weighted by Crippen LogP contribution is 2.33. The SMILES string of the molecule is Cc1cc(C(=O)Oc2c(C)cc(Br)cc2Cl)c(C)s1. The van der Waals surface area contributed by atoms with E-state index >= 15 is 0 Å². The van der Waals surface area contributed by atoms with Gasteiger partial charge in [-0.05, 0) is 44.5 Å². The average Bonchev–Trinajstić information content (AvgIpc) is 2.62. The van der Waals surface area contributed by atoms with Crippen molar-refractivity contribution in [2.24, 2.45) is 0 Å². The van der Waals surface area contributed by atoms with Crippen LogP contribution in [0.5, 0.6) is 5.75 Å². The maximum absolute atomic E-state index is 12.2. The molecule has 0 amide bonds. The molecule has 0 spiro atoms. The molecule has 0 saturated carbocycles. The van der Waals surface area contributed by atoms with Crippen LogP contribution in [0.4, 0.5) is 0 Å². The monoisotopic (exact) mass is 358 g/mol. The molecule has 0 N–H and O–H groups in total. The number of rotatable bonds is 2. The molecular formula is C14H12BrClO2S. The van der Waals surface area contributed by atoms with Crippen LogP contribution in [0.25, 0.3) is 0 Å². The lowest BCUT2D eigenvalue weighted by atomic mass is 10.2. The smallest absolute Gasteiger partial charge is 0.344 e. The van der Waals surface area contributed by atoms with Crippen molar-refractivity contribution in [2.45, 2.75) is 20.8 Å². The summed E-state index contributed by atoms with van der Waals surface area (Å²) in [5.74, 6) is 0.0484. The van der Waals surface area contributed by atoms with E-state index in [4.69, 9.17) is 16.3 Å². The van der Waals surface area contributed by atoms with Crippen molar-refractivity contribution < 1.29 is 9.53 Å². The summed E-state index contributed by atoms with van der Waals surface area (Å²) >= 11 is 11.0. The summed E-state index contributed by atoms with van der Waals surface area (Å²) in [6.07, 6.45) is 0. The lowest BCUT2D eigenvalue weighted by Crippen LogP contribution is -2.09. The second-order valence-electron chi connectivity index (χ2n) is 4.25. The minimum Gasteiger partial charge on any atom is -0.421 e. The van der Waals surface area contributed by atoms with Gasteiger partial charge in [0.15, 0.2) is 5.75 Å². The fourth-order valence-corrected chi connectivity index (χ4v) is 3.72. The Balaban J connectivity index is 2.32. The second-order valence-corrected chi connectivity index (χ2v) is 7.03. The number of thiophene rings is 1. The summed E-state index contributed by atoms with van der Waals surface area (Å²) < 4.78 is 6.28. The van der Waals surface area contributed by atoms with Crippen molar-refractivity contribution in [2.75, 3.05) is 0 Å². The molecule has 2 nitrogen and oxygen atoms in total. The average molecular weight is 360 g/mol. The maximum atomic E-state index is 12.2. The summed E-state index contributed by atoms with van der Waals surface area (Å²) in [5.41, 5.74) is 1.42. The lowest BCUT2D eigenvalue weighted by Gasteiger charge is -2.09. The third kappa shape index (κ3) is 3.19. The Hall–Kier alpha value is -0.840. The van der Waals surface area contributed by atoms with Crippen LogP contribution in [0, 0.1) is 20.8 Å². The van der Waals surface area contributed by atoms with Crippen LogP contribution in [0.15, 0.2) is 22.7 Å². The third-order valence-electron chi connectivity index (χ3n) is 2.65. The van der Waals surface area contributed by atoms with Crippen molar-refractivity contribution in [3.05, 3.63) is 48.6 Å². The number of carbonyl (C=O) groups excluding carboxylic acids is 1. The minimum absolute atomic E-state index is 0.367. The molecule has 0 aliphatic carbocycles. The third-order valence-corrected chi connectivity index (χ3v) is 4.35. The first-order chi connectivity index (χ1) is 8.88. The molecule has 2 aromatic rings. The molecule has 0 fully saturated rings. The van der Waals surface area contributed by atoms with Gasteiger partial charge >= 0.3 is 5.97 Å². The van der Waals surface area contributed by atoms with Crippen LogP contribution in [0.1, 0.15) is 25.7 Å². The summed E-state index contributed by atoms with van der Waals surface area (Å²) in [6, 6.07) is 5.41. The van der Waals surface area contributed by atoms with Gasteiger partial charge in [0.1, 0.15) is 0 Å². The molecule has 100 valence electrons. The first-order valence-electron chi connectivity index (χ1n) is 5.63. The summed E-state index contributed by atoms with van der Waals surface area (Å²) in [5, 5.41) is 0.421. The number of esters is 1. The van der Waals surface area contributed by atoms with Gasteiger partial charge in [0.2, 0.25) is 0 Å². The standard InChI is InChI=1S/C14H12BrClO2S/c1-7-4-10(15)6-12(16)13(7)18-14(17)11-5-8(2)19-9(11)3/h4-6H,1-3H3. The van der Waals surface area contributed by atoms with Gasteiger partial charge < -0.3 is 4.74 Å². The van der Waals surface area contributed by atoms with E-state index in [9.17, 15) is 4.79 Å². The molecule has 1 aromatic heterocycles. The van der Waals surface area contributed by atoms with Crippen LogP contribution in [-0.4, -0.2) is 5.97 Å². The largest absolute Gasteiger partial charge is 0.421 e. The van der Waals surface area contributed by atoms with E-state index in [0.717, 1.165) is 19.8 Å². The Morgan fingerprint density at radius 3 is 2.47 bits per heavy atom. The van der Waals surface area contributed by atoms with E-state index in [-0.39, 0.29) is 5.97 Å². The first-order valence-corrected chi connectivity index (χ1v) is 7.62. The Morgan fingerprint density at radius 1 is 1.26 bits per heavy atom. The van der Waals surface area contributed by atoms with Crippen molar-refractivity contribution >= 4 is 44.8 Å². The fourth-order valence-electron chi connectivity index (χ4n) is 1.80. The van der Waals surface area contributed by atoms with Gasteiger partial charge in [-0.15, -0.1) is 11.3 Å². The molecule has 0 atom stereocenters. The molecule has 5 heteroatoms. The normalized spacial score (nSPS) is 10.6. The predicted octanol–water partition coefficient (Wildman–Crippen LogP) is 5.31. The highest BCUT2D eigenvalue weighted by atomic mass is 79.9. The molecule has 2 rings (SSSR count). The number of hydrogen-bond acceptors (Lipinski definition) is 3. The Labute approximate surface area is 129 Å². The summed E-state index contributed by atoms with van der Waals surface area (Å²) in [6.45, 7) is 5.72. The first kappa shape index (κ1) is 14.6. The molecule has 0 saturated heterocycles. The van der Waals surface area contributed by atoms with Crippen LogP contribution in [-0.2, 0) is 0 Å². The Kier molecular flexibility index (Phi) is 4.33. The van der Waals surface area contributed by atoms with E-state index in [0.29, 0.717) is 16.3 Å². The molecule has 0 aliphatic heterocycles. The van der Waals surface area contributed by atoms with Gasteiger partial charge in [0.05, 0.1) is 10.6 Å². The number of halogens is 2. The van der Waals surface area contributed by atoms with Crippen molar-refractivity contribution in [1.82, 2.24) is 0 Å². The van der Waals surface area contributed by atoms with E-state index < -0.39 is 0 Å². The van der Waals surface area contributed by atoms with Crippen LogP contribution < -0.4 is 4.74 Å². The van der Waals surface area contributed by atoms with Crippen molar-refractivity contribution in [3.63, 3.8) is 0 Å². The number of carbonyl (C=O) groups is 1. The van der Waals surface area contributed by atoms with Gasteiger partial charge in [-0.25, -0.2) is 4.79 Å². The number of ether oxygens (including phenoxy) is 1. The predicted molar refractivity (Wildman–Crippen MR) is 82.6 cm³/mol. The van der Waals surface area contributed by atoms with Crippen LogP contribution >= 0.6 is 38.9 Å². The zero-order chi connectivity index (χ0) is 14.2.